The maximum Gasteiger partial charge on any atom is 0.326 e. The van der Waals surface area contributed by atoms with Crippen molar-refractivity contribution in [2.75, 3.05) is 0 Å². The van der Waals surface area contributed by atoms with Crippen molar-refractivity contribution >= 4 is 46.3 Å². The number of thiocarbonyl (C=S) groups is 1. The van der Waals surface area contributed by atoms with Gasteiger partial charge in [0.15, 0.2) is 0 Å². The average Bonchev–Trinajstić information content (AvgIpc) is 3.13. The lowest BCUT2D eigenvalue weighted by Crippen LogP contribution is -2.41. The summed E-state index contributed by atoms with van der Waals surface area (Å²) < 4.78 is 6.01. The number of rotatable bonds is 4. The number of amides is 1. The van der Waals surface area contributed by atoms with Crippen LogP contribution in [0.5, 0.6) is 0 Å². The number of aryl methyl sites for hydroxylation is 1. The smallest absolute Gasteiger partial charge is 0.326 e. The molecule has 0 spiro atoms. The minimum absolute atomic E-state index is 0.233. The zero-order chi connectivity index (χ0) is 18.1. The van der Waals surface area contributed by atoms with Crippen LogP contribution in [0.2, 0.25) is 0 Å². The summed E-state index contributed by atoms with van der Waals surface area (Å²) in [6.07, 6.45) is 1.59. The van der Waals surface area contributed by atoms with Gasteiger partial charge in [-0.25, -0.2) is 4.79 Å². The predicted molar refractivity (Wildman–Crippen MR) is 101 cm³/mol. The fourth-order valence-corrected chi connectivity index (χ4v) is 3.76. The Morgan fingerprint density at radius 2 is 1.96 bits per heavy atom. The average molecular weight is 373 g/mol. The summed E-state index contributed by atoms with van der Waals surface area (Å²) in [4.78, 5) is 25.0. The number of aliphatic carboxylic acids is 1. The Morgan fingerprint density at radius 3 is 2.60 bits per heavy atom. The molecule has 0 radical (unpaired) electrons. The van der Waals surface area contributed by atoms with E-state index in [4.69, 9.17) is 21.7 Å². The Morgan fingerprint density at radius 1 is 1.28 bits per heavy atom. The number of carboxylic acids is 1. The molecule has 1 amide bonds. The molecule has 2 aromatic rings. The summed E-state index contributed by atoms with van der Waals surface area (Å²) in [7, 11) is 0. The minimum atomic E-state index is -1.10. The molecule has 3 rings (SSSR count). The molecule has 25 heavy (non-hydrogen) atoms. The van der Waals surface area contributed by atoms with Crippen LogP contribution in [0.1, 0.15) is 18.2 Å². The van der Waals surface area contributed by atoms with Crippen LogP contribution in [0.15, 0.2) is 45.7 Å². The molecule has 1 saturated heterocycles. The second-order valence-electron chi connectivity index (χ2n) is 5.63. The Hall–Kier alpha value is -2.38. The van der Waals surface area contributed by atoms with Gasteiger partial charge >= 0.3 is 5.97 Å². The van der Waals surface area contributed by atoms with Crippen molar-refractivity contribution in [1.82, 2.24) is 4.90 Å². The van der Waals surface area contributed by atoms with E-state index >= 15 is 0 Å². The van der Waals surface area contributed by atoms with Gasteiger partial charge in [-0.3, -0.25) is 9.69 Å². The van der Waals surface area contributed by atoms with E-state index in [9.17, 15) is 9.59 Å². The molecule has 1 fully saturated rings. The van der Waals surface area contributed by atoms with E-state index in [0.29, 0.717) is 16.4 Å². The molecule has 0 aliphatic carbocycles. The number of thioether (sulfide) groups is 1. The number of carboxylic acid groups (broad SMARTS) is 1. The summed E-state index contributed by atoms with van der Waals surface area (Å²) in [5, 5.41) is 9.10. The van der Waals surface area contributed by atoms with E-state index in [1.54, 1.807) is 12.1 Å². The summed E-state index contributed by atoms with van der Waals surface area (Å²) in [6.45, 7) is 3.44. The second kappa shape index (κ2) is 6.85. The quantitative estimate of drug-likeness (QED) is 0.647. The van der Waals surface area contributed by atoms with Gasteiger partial charge in [-0.05, 0) is 26.0 Å². The van der Waals surface area contributed by atoms with Gasteiger partial charge in [-0.2, -0.15) is 0 Å². The molecule has 0 saturated carbocycles. The normalized spacial score (nSPS) is 17.4. The van der Waals surface area contributed by atoms with Gasteiger partial charge in [0.25, 0.3) is 5.91 Å². The van der Waals surface area contributed by atoms with Gasteiger partial charge in [-0.15, -0.1) is 0 Å². The molecule has 1 aliphatic heterocycles. The highest BCUT2D eigenvalue weighted by molar-refractivity contribution is 8.26. The SMILES string of the molecule is Cc1ccc(-c2ccc(C=C3SC(=S)N(C(C)C(=O)O)C3=O)o2)cc1. The van der Waals surface area contributed by atoms with Crippen molar-refractivity contribution < 1.29 is 19.1 Å². The monoisotopic (exact) mass is 373 g/mol. The topological polar surface area (TPSA) is 70.8 Å². The molecular formula is C18H15NO4S2. The highest BCUT2D eigenvalue weighted by Gasteiger charge is 2.38. The Kier molecular flexibility index (Phi) is 4.78. The molecule has 0 bridgehead atoms. The molecule has 1 N–H and O–H groups in total. The van der Waals surface area contributed by atoms with Gasteiger partial charge < -0.3 is 9.52 Å². The van der Waals surface area contributed by atoms with Gasteiger partial charge in [0.2, 0.25) is 0 Å². The molecule has 2 heterocycles. The highest BCUT2D eigenvalue weighted by atomic mass is 32.2. The largest absolute Gasteiger partial charge is 0.480 e. The molecule has 1 aromatic heterocycles. The van der Waals surface area contributed by atoms with Crippen LogP contribution in [0.4, 0.5) is 0 Å². The first-order valence-corrected chi connectivity index (χ1v) is 8.76. The number of hydrogen-bond acceptors (Lipinski definition) is 5. The summed E-state index contributed by atoms with van der Waals surface area (Å²) >= 11 is 6.21. The first kappa shape index (κ1) is 17.4. The standard InChI is InChI=1S/C18H15NO4S2/c1-10-3-5-12(6-4-10)14-8-7-13(23-14)9-15-16(20)19(18(24)25-15)11(2)17(21)22/h3-9,11H,1-2H3,(H,21,22). The fourth-order valence-electron chi connectivity index (χ4n) is 2.36. The van der Waals surface area contributed by atoms with E-state index in [1.807, 2.05) is 37.3 Å². The molecular weight excluding hydrogens is 358 g/mol. The third-order valence-electron chi connectivity index (χ3n) is 3.80. The van der Waals surface area contributed by atoms with E-state index in [-0.39, 0.29) is 4.32 Å². The van der Waals surface area contributed by atoms with Crippen molar-refractivity contribution in [1.29, 1.82) is 0 Å². The lowest BCUT2D eigenvalue weighted by molar-refractivity contribution is -0.144. The van der Waals surface area contributed by atoms with E-state index in [1.165, 1.54) is 6.92 Å². The summed E-state index contributed by atoms with van der Waals surface area (Å²) in [5.74, 6) is -0.310. The molecule has 1 atom stereocenters. The van der Waals surface area contributed by atoms with E-state index in [0.717, 1.165) is 27.8 Å². The van der Waals surface area contributed by atoms with Crippen LogP contribution >= 0.6 is 24.0 Å². The predicted octanol–water partition coefficient (Wildman–Crippen LogP) is 3.93. The van der Waals surface area contributed by atoms with Crippen LogP contribution in [0, 0.1) is 6.92 Å². The maximum absolute atomic E-state index is 12.4. The summed E-state index contributed by atoms with van der Waals surface area (Å²) in [6, 6.07) is 10.5. The van der Waals surface area contributed by atoms with Crippen molar-refractivity contribution in [3.63, 3.8) is 0 Å². The zero-order valence-corrected chi connectivity index (χ0v) is 15.2. The molecule has 1 aliphatic rings. The molecule has 128 valence electrons. The summed E-state index contributed by atoms with van der Waals surface area (Å²) in [5.41, 5.74) is 2.10. The Bertz CT molecular complexity index is 883. The van der Waals surface area contributed by atoms with Gasteiger partial charge in [0.1, 0.15) is 21.9 Å². The molecule has 1 aromatic carbocycles. The van der Waals surface area contributed by atoms with Crippen LogP contribution in [0.25, 0.3) is 17.4 Å². The number of benzene rings is 1. The van der Waals surface area contributed by atoms with Gasteiger partial charge in [0.05, 0.1) is 4.91 Å². The van der Waals surface area contributed by atoms with Crippen molar-refractivity contribution in [3.8, 4) is 11.3 Å². The lowest BCUT2D eigenvalue weighted by Gasteiger charge is -2.18. The van der Waals surface area contributed by atoms with Crippen LogP contribution < -0.4 is 0 Å². The Balaban J connectivity index is 1.84. The number of carbonyl (C=O) groups excluding carboxylic acids is 1. The number of nitrogens with zero attached hydrogens (tertiary/aromatic N) is 1. The first-order valence-electron chi connectivity index (χ1n) is 7.53. The van der Waals surface area contributed by atoms with Crippen molar-refractivity contribution in [2.24, 2.45) is 0 Å². The molecule has 7 heteroatoms. The third kappa shape index (κ3) is 3.52. The third-order valence-corrected chi connectivity index (χ3v) is 5.13. The van der Waals surface area contributed by atoms with Crippen molar-refractivity contribution in [3.05, 3.63) is 52.6 Å². The highest BCUT2D eigenvalue weighted by Crippen LogP contribution is 2.34. The lowest BCUT2D eigenvalue weighted by atomic mass is 10.1. The van der Waals surface area contributed by atoms with Gasteiger partial charge in [-0.1, -0.05) is 53.8 Å². The fraction of sp³-hybridized carbons (Fsp3) is 0.167. The van der Waals surface area contributed by atoms with Crippen LogP contribution in [-0.4, -0.2) is 32.2 Å². The van der Waals surface area contributed by atoms with Crippen molar-refractivity contribution in [2.45, 2.75) is 19.9 Å². The number of carbonyl (C=O) groups is 2. The number of furan rings is 1. The van der Waals surface area contributed by atoms with Crippen LogP contribution in [0.3, 0.4) is 0 Å². The maximum atomic E-state index is 12.4. The molecule has 5 nitrogen and oxygen atoms in total. The second-order valence-corrected chi connectivity index (χ2v) is 7.31. The van der Waals surface area contributed by atoms with E-state index in [2.05, 4.69) is 0 Å². The zero-order valence-electron chi connectivity index (χ0n) is 13.6. The van der Waals surface area contributed by atoms with E-state index < -0.39 is 17.9 Å². The minimum Gasteiger partial charge on any atom is -0.480 e. The molecule has 1 unspecified atom stereocenters. The first-order chi connectivity index (χ1) is 11.9. The van der Waals surface area contributed by atoms with Gasteiger partial charge in [0, 0.05) is 11.6 Å². The Labute approximate surface area is 154 Å². The number of hydrogen-bond donors (Lipinski definition) is 1. The van der Waals surface area contributed by atoms with Crippen LogP contribution in [-0.2, 0) is 9.59 Å².